The van der Waals surface area contributed by atoms with E-state index < -0.39 is 0 Å². The molecule has 170 valence electrons. The molecule has 33 heavy (non-hydrogen) atoms. The van der Waals surface area contributed by atoms with Gasteiger partial charge in [0, 0.05) is 30.0 Å². The molecule has 0 spiro atoms. The summed E-state index contributed by atoms with van der Waals surface area (Å²) in [6.07, 6.45) is 6.25. The number of fused-ring (bicyclic) bond motifs is 1. The number of piperazine rings is 1. The number of benzene rings is 2. The van der Waals surface area contributed by atoms with Crippen molar-refractivity contribution in [3.63, 3.8) is 0 Å². The lowest BCUT2D eigenvalue weighted by atomic mass is 9.73. The third-order valence-electron chi connectivity index (χ3n) is 7.45. The highest BCUT2D eigenvalue weighted by Gasteiger charge is 2.54. The maximum absolute atomic E-state index is 12.9. The third-order valence-corrected chi connectivity index (χ3v) is 7.45. The predicted octanol–water partition coefficient (Wildman–Crippen LogP) is 3.43. The van der Waals surface area contributed by atoms with Gasteiger partial charge < -0.3 is 14.9 Å². The molecule has 2 saturated heterocycles. The SMILES string of the molecule is O=C(c1ccccc1)N1CC(=O)N2[C@H](CO)[C@H](c3ccc(C#CCC4CCCC4)cc3)[C@@H]2C1. The largest absolute Gasteiger partial charge is 0.394 e. The van der Waals surface area contributed by atoms with Crippen molar-refractivity contribution in [2.24, 2.45) is 5.92 Å². The Morgan fingerprint density at radius 1 is 1.03 bits per heavy atom. The summed E-state index contributed by atoms with van der Waals surface area (Å²) in [5, 5.41) is 10.0. The zero-order valence-electron chi connectivity index (χ0n) is 18.8. The van der Waals surface area contributed by atoms with E-state index in [1.54, 1.807) is 21.9 Å². The number of amides is 2. The van der Waals surface area contributed by atoms with Gasteiger partial charge in [0.25, 0.3) is 5.91 Å². The van der Waals surface area contributed by atoms with Gasteiger partial charge >= 0.3 is 0 Å². The first-order valence-corrected chi connectivity index (χ1v) is 12.0. The summed E-state index contributed by atoms with van der Waals surface area (Å²) in [5.74, 6) is 7.17. The highest BCUT2D eigenvalue weighted by Crippen LogP contribution is 2.43. The number of aliphatic hydroxyl groups is 1. The molecular weight excluding hydrogens is 412 g/mol. The number of hydrogen-bond donors (Lipinski definition) is 1. The normalized spacial score (nSPS) is 24.6. The van der Waals surface area contributed by atoms with Gasteiger partial charge in [0.1, 0.15) is 6.54 Å². The fraction of sp³-hybridized carbons (Fsp3) is 0.429. The number of carbonyl (C=O) groups excluding carboxylic acids is 2. The molecule has 1 N–H and O–H groups in total. The summed E-state index contributed by atoms with van der Waals surface area (Å²) in [6, 6.07) is 16.9. The standard InChI is InChI=1S/C28H30N2O3/c31-19-25-27(22-15-13-21(14-16-22)10-6-9-20-7-4-5-8-20)24-17-29(18-26(32)30(24)25)28(33)23-11-2-1-3-12-23/h1-3,11-16,20,24-25,27,31H,4-5,7-9,17-19H2/t24-,25+,27+/m0/s1. The summed E-state index contributed by atoms with van der Waals surface area (Å²) in [5.41, 5.74) is 2.67. The lowest BCUT2D eigenvalue weighted by Gasteiger charge is -2.58. The Morgan fingerprint density at radius 3 is 2.45 bits per heavy atom. The van der Waals surface area contributed by atoms with Crippen molar-refractivity contribution in [1.29, 1.82) is 0 Å². The molecule has 2 heterocycles. The van der Waals surface area contributed by atoms with Gasteiger partial charge in [0.15, 0.2) is 0 Å². The van der Waals surface area contributed by atoms with Gasteiger partial charge in [-0.1, -0.05) is 55.0 Å². The van der Waals surface area contributed by atoms with E-state index in [1.807, 2.05) is 30.3 Å². The molecule has 5 rings (SSSR count). The Bertz CT molecular complexity index is 1060. The minimum absolute atomic E-state index is 0.00539. The van der Waals surface area contributed by atoms with Crippen LogP contribution in [-0.2, 0) is 4.79 Å². The molecule has 2 aromatic rings. The second-order valence-electron chi connectivity index (χ2n) is 9.47. The Morgan fingerprint density at radius 2 is 1.76 bits per heavy atom. The maximum atomic E-state index is 12.9. The smallest absolute Gasteiger partial charge is 0.254 e. The first-order chi connectivity index (χ1) is 16.2. The van der Waals surface area contributed by atoms with Crippen LogP contribution in [0.15, 0.2) is 54.6 Å². The zero-order chi connectivity index (χ0) is 22.8. The summed E-state index contributed by atoms with van der Waals surface area (Å²) in [7, 11) is 0. The molecular formula is C28H30N2O3. The maximum Gasteiger partial charge on any atom is 0.254 e. The Labute approximate surface area is 195 Å². The molecule has 2 aliphatic heterocycles. The molecule has 0 bridgehead atoms. The zero-order valence-corrected chi connectivity index (χ0v) is 18.8. The van der Waals surface area contributed by atoms with Crippen LogP contribution in [0.2, 0.25) is 0 Å². The second-order valence-corrected chi connectivity index (χ2v) is 9.47. The van der Waals surface area contributed by atoms with Crippen molar-refractivity contribution in [3.8, 4) is 11.8 Å². The van der Waals surface area contributed by atoms with E-state index >= 15 is 0 Å². The summed E-state index contributed by atoms with van der Waals surface area (Å²) in [6.45, 7) is 0.453. The lowest BCUT2D eigenvalue weighted by Crippen LogP contribution is -2.73. The van der Waals surface area contributed by atoms with Crippen LogP contribution in [0.5, 0.6) is 0 Å². The van der Waals surface area contributed by atoms with Gasteiger partial charge in [-0.05, 0) is 48.6 Å². The van der Waals surface area contributed by atoms with Crippen molar-refractivity contribution in [1.82, 2.24) is 9.80 Å². The van der Waals surface area contributed by atoms with E-state index in [-0.39, 0.29) is 43.0 Å². The summed E-state index contributed by atoms with van der Waals surface area (Å²) >= 11 is 0. The van der Waals surface area contributed by atoms with E-state index in [4.69, 9.17) is 0 Å². The van der Waals surface area contributed by atoms with Gasteiger partial charge in [0.2, 0.25) is 5.91 Å². The molecule has 5 heteroatoms. The number of aliphatic hydroxyl groups excluding tert-OH is 1. The number of nitrogens with zero attached hydrogens (tertiary/aromatic N) is 2. The molecule has 0 radical (unpaired) electrons. The minimum Gasteiger partial charge on any atom is -0.394 e. The minimum atomic E-state index is -0.240. The van der Waals surface area contributed by atoms with E-state index in [1.165, 1.54) is 25.7 Å². The van der Waals surface area contributed by atoms with Crippen LogP contribution in [0.25, 0.3) is 0 Å². The first-order valence-electron chi connectivity index (χ1n) is 12.0. The summed E-state index contributed by atoms with van der Waals surface area (Å²) in [4.78, 5) is 29.2. The van der Waals surface area contributed by atoms with E-state index in [9.17, 15) is 14.7 Å². The van der Waals surface area contributed by atoms with Gasteiger partial charge in [-0.25, -0.2) is 0 Å². The molecule has 2 aromatic carbocycles. The summed E-state index contributed by atoms with van der Waals surface area (Å²) < 4.78 is 0. The number of hydrogen-bond acceptors (Lipinski definition) is 3. The van der Waals surface area contributed by atoms with E-state index in [0.29, 0.717) is 12.1 Å². The van der Waals surface area contributed by atoms with Crippen LogP contribution in [0, 0.1) is 17.8 Å². The van der Waals surface area contributed by atoms with Crippen LogP contribution in [0.4, 0.5) is 0 Å². The van der Waals surface area contributed by atoms with Crippen LogP contribution >= 0.6 is 0 Å². The van der Waals surface area contributed by atoms with Crippen molar-refractivity contribution >= 4 is 11.8 Å². The van der Waals surface area contributed by atoms with Crippen molar-refractivity contribution < 1.29 is 14.7 Å². The lowest BCUT2D eigenvalue weighted by molar-refractivity contribution is -0.159. The van der Waals surface area contributed by atoms with Gasteiger partial charge in [-0.15, -0.1) is 0 Å². The molecule has 1 aliphatic carbocycles. The van der Waals surface area contributed by atoms with Crippen LogP contribution in [0.3, 0.4) is 0 Å². The Kier molecular flexibility index (Phi) is 6.20. The van der Waals surface area contributed by atoms with Crippen LogP contribution in [0.1, 0.15) is 59.5 Å². The first kappa shape index (κ1) is 21.7. The topological polar surface area (TPSA) is 60.9 Å². The van der Waals surface area contributed by atoms with E-state index in [0.717, 1.165) is 23.5 Å². The van der Waals surface area contributed by atoms with Gasteiger partial charge in [-0.2, -0.15) is 0 Å². The van der Waals surface area contributed by atoms with Crippen LogP contribution < -0.4 is 0 Å². The van der Waals surface area contributed by atoms with Crippen molar-refractivity contribution in [2.45, 2.75) is 50.1 Å². The molecule has 0 unspecified atom stereocenters. The van der Waals surface area contributed by atoms with E-state index in [2.05, 4.69) is 24.0 Å². The predicted molar refractivity (Wildman–Crippen MR) is 126 cm³/mol. The highest BCUT2D eigenvalue weighted by atomic mass is 16.3. The average Bonchev–Trinajstić information content (AvgIpc) is 3.35. The molecule has 0 aromatic heterocycles. The van der Waals surface area contributed by atoms with Crippen molar-refractivity contribution in [3.05, 3.63) is 71.3 Å². The molecule has 3 atom stereocenters. The second kappa shape index (κ2) is 9.41. The fourth-order valence-electron chi connectivity index (χ4n) is 5.72. The molecule has 1 saturated carbocycles. The molecule has 3 aliphatic rings. The number of carbonyl (C=O) groups is 2. The molecule has 2 amide bonds. The van der Waals surface area contributed by atoms with Crippen molar-refractivity contribution in [2.75, 3.05) is 19.7 Å². The monoisotopic (exact) mass is 442 g/mol. The third kappa shape index (κ3) is 4.28. The molecule has 5 nitrogen and oxygen atoms in total. The fourth-order valence-corrected chi connectivity index (χ4v) is 5.72. The molecule has 3 fully saturated rings. The Balaban J connectivity index is 1.30. The number of rotatable bonds is 4. The van der Waals surface area contributed by atoms with Gasteiger partial charge in [0.05, 0.1) is 18.7 Å². The van der Waals surface area contributed by atoms with Gasteiger partial charge in [-0.3, -0.25) is 9.59 Å². The average molecular weight is 443 g/mol. The quantitative estimate of drug-likeness (QED) is 0.738. The Hall–Kier alpha value is -3.10. The van der Waals surface area contributed by atoms with Crippen LogP contribution in [-0.4, -0.2) is 58.5 Å². The highest BCUT2D eigenvalue weighted by molar-refractivity contribution is 5.97.